The van der Waals surface area contributed by atoms with Crippen molar-refractivity contribution >= 4 is 27.8 Å². The molecular weight excluding hydrogens is 344 g/mol. The fourth-order valence-corrected chi connectivity index (χ4v) is 3.08. The van der Waals surface area contributed by atoms with Crippen molar-refractivity contribution in [1.29, 1.82) is 0 Å². The first-order chi connectivity index (χ1) is 10.6. The number of benzene rings is 2. The molecule has 0 spiro atoms. The van der Waals surface area contributed by atoms with Crippen molar-refractivity contribution in [2.24, 2.45) is 0 Å². The summed E-state index contributed by atoms with van der Waals surface area (Å²) in [6.07, 6.45) is 2.57. The van der Waals surface area contributed by atoms with Crippen LogP contribution in [0.4, 0.5) is 0 Å². The zero-order chi connectivity index (χ0) is 15.7. The van der Waals surface area contributed by atoms with E-state index >= 15 is 0 Å². The van der Waals surface area contributed by atoms with E-state index < -0.39 is 0 Å². The molecule has 1 aliphatic carbocycles. The maximum absolute atomic E-state index is 12.5. The first kappa shape index (κ1) is 14.9. The van der Waals surface area contributed by atoms with Crippen LogP contribution in [0.25, 0.3) is 6.08 Å². The van der Waals surface area contributed by atoms with E-state index in [9.17, 15) is 4.79 Å². The van der Waals surface area contributed by atoms with Crippen LogP contribution in [0, 0.1) is 0 Å². The number of halogens is 1. The lowest BCUT2D eigenvalue weighted by Gasteiger charge is -2.10. The Balaban J connectivity index is 2.02. The first-order valence-electron chi connectivity index (χ1n) is 6.88. The van der Waals surface area contributed by atoms with Crippen LogP contribution in [0.15, 0.2) is 46.4 Å². The van der Waals surface area contributed by atoms with Gasteiger partial charge in [-0.1, -0.05) is 40.2 Å². The SMILES string of the molecule is COc1cc(Br)c(/C=C2\Cc3ccccc3C2=O)cc1OC. The summed E-state index contributed by atoms with van der Waals surface area (Å²) in [6, 6.07) is 11.4. The van der Waals surface area contributed by atoms with Crippen molar-refractivity contribution in [2.75, 3.05) is 14.2 Å². The molecule has 0 aromatic heterocycles. The number of allylic oxidation sites excluding steroid dienone is 1. The Hall–Kier alpha value is -2.07. The molecule has 0 atom stereocenters. The minimum absolute atomic E-state index is 0.0947. The van der Waals surface area contributed by atoms with Gasteiger partial charge in [-0.3, -0.25) is 4.79 Å². The second-order valence-electron chi connectivity index (χ2n) is 5.06. The quantitative estimate of drug-likeness (QED) is 0.767. The summed E-state index contributed by atoms with van der Waals surface area (Å²) < 4.78 is 11.5. The van der Waals surface area contributed by atoms with Crippen LogP contribution in [0.3, 0.4) is 0 Å². The summed E-state index contributed by atoms with van der Waals surface area (Å²) in [6.45, 7) is 0. The molecule has 0 radical (unpaired) electrons. The largest absolute Gasteiger partial charge is 0.493 e. The van der Waals surface area contributed by atoms with Crippen LogP contribution in [-0.4, -0.2) is 20.0 Å². The molecule has 3 nitrogen and oxygen atoms in total. The molecule has 22 heavy (non-hydrogen) atoms. The van der Waals surface area contributed by atoms with Crippen molar-refractivity contribution < 1.29 is 14.3 Å². The molecule has 112 valence electrons. The molecule has 0 saturated carbocycles. The fourth-order valence-electron chi connectivity index (χ4n) is 2.64. The highest BCUT2D eigenvalue weighted by Gasteiger charge is 2.24. The molecule has 0 saturated heterocycles. The number of ether oxygens (including phenoxy) is 2. The number of rotatable bonds is 3. The van der Waals surface area contributed by atoms with Gasteiger partial charge in [-0.15, -0.1) is 0 Å². The van der Waals surface area contributed by atoms with E-state index in [1.807, 2.05) is 42.5 Å². The molecular formula is C18H15BrO3. The lowest BCUT2D eigenvalue weighted by Crippen LogP contribution is -1.96. The van der Waals surface area contributed by atoms with E-state index in [0.717, 1.165) is 26.7 Å². The van der Waals surface area contributed by atoms with E-state index in [2.05, 4.69) is 15.9 Å². The highest BCUT2D eigenvalue weighted by atomic mass is 79.9. The van der Waals surface area contributed by atoms with E-state index in [-0.39, 0.29) is 5.78 Å². The molecule has 0 aliphatic heterocycles. The Morgan fingerprint density at radius 1 is 1.09 bits per heavy atom. The van der Waals surface area contributed by atoms with E-state index in [1.165, 1.54) is 0 Å². The van der Waals surface area contributed by atoms with Crippen molar-refractivity contribution in [1.82, 2.24) is 0 Å². The second kappa shape index (κ2) is 5.97. The van der Waals surface area contributed by atoms with Crippen molar-refractivity contribution in [3.8, 4) is 11.5 Å². The summed E-state index contributed by atoms with van der Waals surface area (Å²) >= 11 is 3.52. The van der Waals surface area contributed by atoms with Gasteiger partial charge in [0.1, 0.15) is 0 Å². The van der Waals surface area contributed by atoms with Crippen LogP contribution < -0.4 is 9.47 Å². The highest BCUT2D eigenvalue weighted by Crippen LogP contribution is 2.36. The third-order valence-corrected chi connectivity index (χ3v) is 4.45. The number of fused-ring (bicyclic) bond motifs is 1. The van der Waals surface area contributed by atoms with Gasteiger partial charge in [-0.25, -0.2) is 0 Å². The normalized spacial score (nSPS) is 15.0. The van der Waals surface area contributed by atoms with Gasteiger partial charge in [0, 0.05) is 22.0 Å². The average molecular weight is 359 g/mol. The topological polar surface area (TPSA) is 35.5 Å². The molecule has 0 heterocycles. The molecule has 2 aromatic rings. The lowest BCUT2D eigenvalue weighted by molar-refractivity contribution is 0.104. The highest BCUT2D eigenvalue weighted by molar-refractivity contribution is 9.10. The predicted molar refractivity (Wildman–Crippen MR) is 89.7 cm³/mol. The van der Waals surface area contributed by atoms with Crippen LogP contribution in [-0.2, 0) is 6.42 Å². The third-order valence-electron chi connectivity index (χ3n) is 3.77. The predicted octanol–water partition coefficient (Wildman–Crippen LogP) is 4.29. The summed E-state index contributed by atoms with van der Waals surface area (Å²) in [5, 5.41) is 0. The molecule has 0 fully saturated rings. The molecule has 0 bridgehead atoms. The fraction of sp³-hybridized carbons (Fsp3) is 0.167. The Labute approximate surface area is 137 Å². The number of carbonyl (C=O) groups is 1. The Kier molecular flexibility index (Phi) is 4.03. The maximum atomic E-state index is 12.5. The average Bonchev–Trinajstić information content (AvgIpc) is 2.85. The van der Waals surface area contributed by atoms with Gasteiger partial charge in [-0.2, -0.15) is 0 Å². The Morgan fingerprint density at radius 2 is 1.77 bits per heavy atom. The van der Waals surface area contributed by atoms with Gasteiger partial charge in [0.25, 0.3) is 0 Å². The minimum Gasteiger partial charge on any atom is -0.493 e. The minimum atomic E-state index is 0.0947. The molecule has 0 amide bonds. The lowest BCUT2D eigenvalue weighted by atomic mass is 10.1. The van der Waals surface area contributed by atoms with Crippen molar-refractivity contribution in [2.45, 2.75) is 6.42 Å². The van der Waals surface area contributed by atoms with Gasteiger partial charge in [0.2, 0.25) is 0 Å². The van der Waals surface area contributed by atoms with E-state index in [1.54, 1.807) is 14.2 Å². The Morgan fingerprint density at radius 3 is 2.45 bits per heavy atom. The maximum Gasteiger partial charge on any atom is 0.189 e. The molecule has 3 rings (SSSR count). The summed E-state index contributed by atoms with van der Waals surface area (Å²) in [5.41, 5.74) is 3.56. The standard InChI is InChI=1S/C18H15BrO3/c1-21-16-9-12(15(19)10-17(16)22-2)8-13-7-11-5-3-4-6-14(11)18(13)20/h3-6,8-10H,7H2,1-2H3/b13-8+. The van der Waals surface area contributed by atoms with Crippen LogP contribution >= 0.6 is 15.9 Å². The number of hydrogen-bond donors (Lipinski definition) is 0. The molecule has 0 unspecified atom stereocenters. The monoisotopic (exact) mass is 358 g/mol. The third kappa shape index (κ3) is 2.55. The molecule has 0 N–H and O–H groups in total. The smallest absolute Gasteiger partial charge is 0.189 e. The van der Waals surface area contributed by atoms with Gasteiger partial charge >= 0.3 is 0 Å². The zero-order valence-electron chi connectivity index (χ0n) is 12.4. The molecule has 2 aromatic carbocycles. The number of carbonyl (C=O) groups excluding carboxylic acids is 1. The van der Waals surface area contributed by atoms with E-state index in [0.29, 0.717) is 17.9 Å². The van der Waals surface area contributed by atoms with E-state index in [4.69, 9.17) is 9.47 Å². The summed E-state index contributed by atoms with van der Waals surface area (Å²) in [5.74, 6) is 1.38. The van der Waals surface area contributed by atoms with Crippen molar-refractivity contribution in [3.05, 3.63) is 63.1 Å². The van der Waals surface area contributed by atoms with Crippen molar-refractivity contribution in [3.63, 3.8) is 0 Å². The van der Waals surface area contributed by atoms with Gasteiger partial charge in [0.15, 0.2) is 17.3 Å². The zero-order valence-corrected chi connectivity index (χ0v) is 13.9. The van der Waals surface area contributed by atoms with Gasteiger partial charge in [-0.05, 0) is 29.3 Å². The summed E-state index contributed by atoms with van der Waals surface area (Å²) in [7, 11) is 3.19. The molecule has 1 aliphatic rings. The van der Waals surface area contributed by atoms with Crippen LogP contribution in [0.2, 0.25) is 0 Å². The number of Topliss-reactive ketones (excluding diaryl/α,β-unsaturated/α-hetero) is 1. The van der Waals surface area contributed by atoms with Gasteiger partial charge < -0.3 is 9.47 Å². The Bertz CT molecular complexity index is 778. The molecule has 4 heteroatoms. The number of methoxy groups -OCH3 is 2. The summed E-state index contributed by atoms with van der Waals surface area (Å²) in [4.78, 5) is 12.5. The number of hydrogen-bond acceptors (Lipinski definition) is 3. The number of ketones is 1. The van der Waals surface area contributed by atoms with Crippen LogP contribution in [0.5, 0.6) is 11.5 Å². The van der Waals surface area contributed by atoms with Gasteiger partial charge in [0.05, 0.1) is 14.2 Å². The van der Waals surface area contributed by atoms with Crippen LogP contribution in [0.1, 0.15) is 21.5 Å². The second-order valence-corrected chi connectivity index (χ2v) is 5.92. The first-order valence-corrected chi connectivity index (χ1v) is 7.68.